The lowest BCUT2D eigenvalue weighted by atomic mass is 10.2. The van der Waals surface area contributed by atoms with Gasteiger partial charge in [0.1, 0.15) is 5.75 Å². The summed E-state index contributed by atoms with van der Waals surface area (Å²) in [5, 5.41) is 9.35. The van der Waals surface area contributed by atoms with E-state index in [9.17, 15) is 5.11 Å². The van der Waals surface area contributed by atoms with Crippen molar-refractivity contribution in [3.63, 3.8) is 0 Å². The zero-order chi connectivity index (χ0) is 9.84. The van der Waals surface area contributed by atoms with Crippen LogP contribution in [0, 0.1) is 6.92 Å². The topological polar surface area (TPSA) is 42.4 Å². The van der Waals surface area contributed by atoms with Crippen LogP contribution in [0.15, 0.2) is 12.3 Å². The van der Waals surface area contributed by atoms with E-state index in [0.29, 0.717) is 12.3 Å². The first-order chi connectivity index (χ1) is 6.09. The second-order valence-electron chi connectivity index (χ2n) is 3.31. The van der Waals surface area contributed by atoms with Gasteiger partial charge in [-0.15, -0.1) is 0 Å². The van der Waals surface area contributed by atoms with Crippen LogP contribution in [0.4, 0.5) is 0 Å². The summed E-state index contributed by atoms with van der Waals surface area (Å²) < 4.78 is 5.37. The molecule has 0 aliphatic heterocycles. The molecule has 0 spiro atoms. The Kier molecular flexibility index (Phi) is 3.25. The first-order valence-electron chi connectivity index (χ1n) is 4.35. The lowest BCUT2D eigenvalue weighted by Crippen LogP contribution is -2.02. The molecule has 0 fully saturated rings. The number of aromatic nitrogens is 1. The smallest absolute Gasteiger partial charge is 0.137 e. The zero-order valence-electron chi connectivity index (χ0n) is 8.24. The maximum absolute atomic E-state index is 9.35. The molecule has 3 heteroatoms. The maximum atomic E-state index is 9.35. The number of aromatic hydroxyl groups is 1. The number of aryl methyl sites for hydroxylation is 1. The van der Waals surface area contributed by atoms with Crippen molar-refractivity contribution < 1.29 is 9.84 Å². The molecular formula is C10H15NO2. The average Bonchev–Trinajstić information content (AvgIpc) is 2.07. The SMILES string of the molecule is Cc1ncc(COC(C)C)cc1O. The van der Waals surface area contributed by atoms with Crippen molar-refractivity contribution in [3.8, 4) is 5.75 Å². The van der Waals surface area contributed by atoms with Crippen molar-refractivity contribution in [1.82, 2.24) is 4.98 Å². The molecule has 1 aromatic rings. The second-order valence-corrected chi connectivity index (χ2v) is 3.31. The summed E-state index contributed by atoms with van der Waals surface area (Å²) in [6.07, 6.45) is 1.92. The van der Waals surface area contributed by atoms with Gasteiger partial charge in [0.15, 0.2) is 0 Å². The monoisotopic (exact) mass is 181 g/mol. The minimum absolute atomic E-state index is 0.198. The van der Waals surface area contributed by atoms with Crippen molar-refractivity contribution >= 4 is 0 Å². The summed E-state index contributed by atoms with van der Waals surface area (Å²) in [6.45, 7) is 6.21. The van der Waals surface area contributed by atoms with Crippen molar-refractivity contribution in [2.24, 2.45) is 0 Å². The van der Waals surface area contributed by atoms with E-state index in [2.05, 4.69) is 4.98 Å². The molecule has 3 nitrogen and oxygen atoms in total. The summed E-state index contributed by atoms with van der Waals surface area (Å²) in [5.41, 5.74) is 1.55. The number of pyridine rings is 1. The van der Waals surface area contributed by atoms with Gasteiger partial charge in [-0.1, -0.05) is 0 Å². The summed E-state index contributed by atoms with van der Waals surface area (Å²) in [7, 11) is 0. The van der Waals surface area contributed by atoms with Crippen molar-refractivity contribution in [2.45, 2.75) is 33.5 Å². The zero-order valence-corrected chi connectivity index (χ0v) is 8.24. The van der Waals surface area contributed by atoms with E-state index in [0.717, 1.165) is 5.56 Å². The van der Waals surface area contributed by atoms with Crippen LogP contribution < -0.4 is 0 Å². The first kappa shape index (κ1) is 9.99. The van der Waals surface area contributed by atoms with E-state index in [-0.39, 0.29) is 11.9 Å². The van der Waals surface area contributed by atoms with Crippen LogP contribution in [0.3, 0.4) is 0 Å². The Morgan fingerprint density at radius 1 is 1.54 bits per heavy atom. The molecule has 1 N–H and O–H groups in total. The van der Waals surface area contributed by atoms with Gasteiger partial charge in [-0.25, -0.2) is 0 Å². The van der Waals surface area contributed by atoms with E-state index in [1.165, 1.54) is 0 Å². The molecule has 1 aromatic heterocycles. The van der Waals surface area contributed by atoms with E-state index in [4.69, 9.17) is 4.74 Å². The van der Waals surface area contributed by atoms with Gasteiger partial charge in [0.2, 0.25) is 0 Å². The lowest BCUT2D eigenvalue weighted by Gasteiger charge is -2.07. The van der Waals surface area contributed by atoms with Crippen LogP contribution in [-0.2, 0) is 11.3 Å². The fourth-order valence-corrected chi connectivity index (χ4v) is 0.905. The molecule has 0 aliphatic carbocycles. The Morgan fingerprint density at radius 3 is 2.77 bits per heavy atom. The maximum Gasteiger partial charge on any atom is 0.137 e. The fraction of sp³-hybridized carbons (Fsp3) is 0.500. The van der Waals surface area contributed by atoms with Crippen LogP contribution in [0.5, 0.6) is 5.75 Å². The first-order valence-corrected chi connectivity index (χ1v) is 4.35. The van der Waals surface area contributed by atoms with Gasteiger partial charge in [-0.3, -0.25) is 4.98 Å². The molecule has 1 heterocycles. The largest absolute Gasteiger partial charge is 0.506 e. The van der Waals surface area contributed by atoms with Crippen molar-refractivity contribution in [3.05, 3.63) is 23.5 Å². The summed E-state index contributed by atoms with van der Waals surface area (Å²) >= 11 is 0. The quantitative estimate of drug-likeness (QED) is 0.775. The summed E-state index contributed by atoms with van der Waals surface area (Å²) in [5.74, 6) is 0.227. The predicted octanol–water partition coefficient (Wildman–Crippen LogP) is 2.02. The molecule has 0 saturated carbocycles. The number of hydrogen-bond donors (Lipinski definition) is 1. The molecule has 0 unspecified atom stereocenters. The van der Waals surface area contributed by atoms with Crippen LogP contribution in [-0.4, -0.2) is 16.2 Å². The van der Waals surface area contributed by atoms with Gasteiger partial charge in [-0.2, -0.15) is 0 Å². The van der Waals surface area contributed by atoms with Gasteiger partial charge in [0.05, 0.1) is 18.4 Å². The molecular weight excluding hydrogens is 166 g/mol. The number of hydrogen-bond acceptors (Lipinski definition) is 3. The molecule has 1 rings (SSSR count). The van der Waals surface area contributed by atoms with Crippen molar-refractivity contribution in [2.75, 3.05) is 0 Å². The molecule has 0 aromatic carbocycles. The van der Waals surface area contributed by atoms with Gasteiger partial charge < -0.3 is 9.84 Å². The second kappa shape index (κ2) is 4.23. The molecule has 0 bridgehead atoms. The Bertz CT molecular complexity index is 284. The van der Waals surface area contributed by atoms with Gasteiger partial charge in [0.25, 0.3) is 0 Å². The highest BCUT2D eigenvalue weighted by atomic mass is 16.5. The number of ether oxygens (including phenoxy) is 1. The van der Waals surface area contributed by atoms with E-state index in [1.54, 1.807) is 19.2 Å². The highest BCUT2D eigenvalue weighted by molar-refractivity contribution is 5.28. The predicted molar refractivity (Wildman–Crippen MR) is 50.6 cm³/mol. The lowest BCUT2D eigenvalue weighted by molar-refractivity contribution is 0.0654. The highest BCUT2D eigenvalue weighted by Gasteiger charge is 2.00. The van der Waals surface area contributed by atoms with E-state index in [1.807, 2.05) is 13.8 Å². The molecule has 13 heavy (non-hydrogen) atoms. The highest BCUT2D eigenvalue weighted by Crippen LogP contribution is 2.15. The third kappa shape index (κ3) is 3.03. The fourth-order valence-electron chi connectivity index (χ4n) is 0.905. The van der Waals surface area contributed by atoms with Crippen LogP contribution in [0.2, 0.25) is 0 Å². The Morgan fingerprint density at radius 2 is 2.23 bits per heavy atom. The molecule has 0 aliphatic rings. The summed E-state index contributed by atoms with van der Waals surface area (Å²) in [4.78, 5) is 4.03. The Hall–Kier alpha value is -1.09. The van der Waals surface area contributed by atoms with E-state index < -0.39 is 0 Å². The van der Waals surface area contributed by atoms with Gasteiger partial charge in [0, 0.05) is 6.20 Å². The Balaban J connectivity index is 2.63. The average molecular weight is 181 g/mol. The summed E-state index contributed by atoms with van der Waals surface area (Å²) in [6, 6.07) is 1.69. The third-order valence-corrected chi connectivity index (χ3v) is 1.70. The third-order valence-electron chi connectivity index (χ3n) is 1.70. The van der Waals surface area contributed by atoms with Crippen LogP contribution in [0.1, 0.15) is 25.1 Å². The molecule has 0 saturated heterocycles. The molecule has 0 radical (unpaired) electrons. The number of rotatable bonds is 3. The molecule has 0 atom stereocenters. The van der Waals surface area contributed by atoms with E-state index >= 15 is 0 Å². The molecule has 0 amide bonds. The van der Waals surface area contributed by atoms with Crippen LogP contribution in [0.25, 0.3) is 0 Å². The standard InChI is InChI=1S/C10H15NO2/c1-7(2)13-6-9-4-10(12)8(3)11-5-9/h4-5,7,12H,6H2,1-3H3. The van der Waals surface area contributed by atoms with Gasteiger partial charge >= 0.3 is 0 Å². The minimum atomic E-state index is 0.198. The van der Waals surface area contributed by atoms with Gasteiger partial charge in [-0.05, 0) is 32.4 Å². The van der Waals surface area contributed by atoms with Crippen LogP contribution >= 0.6 is 0 Å². The van der Waals surface area contributed by atoms with Crippen molar-refractivity contribution in [1.29, 1.82) is 0 Å². The Labute approximate surface area is 78.4 Å². The minimum Gasteiger partial charge on any atom is -0.506 e. The normalized spacial score (nSPS) is 10.8. The molecule has 72 valence electrons. The number of nitrogens with zero attached hydrogens (tertiary/aromatic N) is 1.